The van der Waals surface area contributed by atoms with Crippen LogP contribution in [-0.2, 0) is 10.0 Å². The average molecular weight is 427 g/mol. The highest BCUT2D eigenvalue weighted by Gasteiger charge is 2.45. The molecule has 0 radical (unpaired) electrons. The van der Waals surface area contributed by atoms with Gasteiger partial charge in [0.15, 0.2) is 11.5 Å². The number of nitrogens with one attached hydrogen (secondary N) is 2. The van der Waals surface area contributed by atoms with Gasteiger partial charge in [-0.2, -0.15) is 0 Å². The van der Waals surface area contributed by atoms with Crippen LogP contribution in [0.3, 0.4) is 0 Å². The molecule has 0 atom stereocenters. The Bertz CT molecular complexity index is 1030. The van der Waals surface area contributed by atoms with E-state index in [1.165, 1.54) is 37.4 Å². The third-order valence-electron chi connectivity index (χ3n) is 4.59. The minimum atomic E-state index is -4.09. The van der Waals surface area contributed by atoms with Gasteiger partial charge in [-0.05, 0) is 30.3 Å². The molecular weight excluding hydrogens is 408 g/mol. The van der Waals surface area contributed by atoms with Gasteiger partial charge in [0, 0.05) is 26.2 Å². The van der Waals surface area contributed by atoms with Gasteiger partial charge in [-0.15, -0.1) is 8.78 Å². The van der Waals surface area contributed by atoms with E-state index in [1.54, 1.807) is 6.07 Å². The molecule has 2 aliphatic heterocycles. The molecule has 0 aliphatic carbocycles. The zero-order chi connectivity index (χ0) is 20.6. The Morgan fingerprint density at radius 1 is 1.17 bits per heavy atom. The molecular formula is C18H19F2N3O5S. The second kappa shape index (κ2) is 7.23. The number of hydrogen-bond donors (Lipinski definition) is 2. The van der Waals surface area contributed by atoms with Crippen molar-refractivity contribution < 1.29 is 31.4 Å². The standard InChI is InChI=1S/C18H19F2N3O5S/c1-26-15-6-5-12(11-14(15)23-9-7-21-8-10-23)29(24,25)22-13-3-2-4-16-17(13)28-18(19,20)27-16/h2-6,11,21-22H,7-10H2,1H3. The van der Waals surface area contributed by atoms with Gasteiger partial charge in [-0.1, -0.05) is 6.07 Å². The summed E-state index contributed by atoms with van der Waals surface area (Å²) in [7, 11) is -2.57. The molecule has 8 nitrogen and oxygen atoms in total. The molecule has 2 N–H and O–H groups in total. The zero-order valence-corrected chi connectivity index (χ0v) is 16.3. The van der Waals surface area contributed by atoms with Crippen molar-refractivity contribution in [2.75, 3.05) is 42.9 Å². The maximum absolute atomic E-state index is 13.4. The highest BCUT2D eigenvalue weighted by molar-refractivity contribution is 7.92. The number of anilines is 2. The van der Waals surface area contributed by atoms with E-state index in [0.717, 1.165) is 13.1 Å². The van der Waals surface area contributed by atoms with Gasteiger partial charge >= 0.3 is 6.29 Å². The van der Waals surface area contributed by atoms with E-state index >= 15 is 0 Å². The molecule has 29 heavy (non-hydrogen) atoms. The van der Waals surface area contributed by atoms with Crippen molar-refractivity contribution in [3.05, 3.63) is 36.4 Å². The lowest BCUT2D eigenvalue weighted by Crippen LogP contribution is -2.43. The first kappa shape index (κ1) is 19.5. The van der Waals surface area contributed by atoms with Gasteiger partial charge in [-0.25, -0.2) is 8.42 Å². The highest BCUT2D eigenvalue weighted by atomic mass is 32.2. The van der Waals surface area contributed by atoms with Crippen LogP contribution >= 0.6 is 0 Å². The van der Waals surface area contributed by atoms with Crippen LogP contribution in [0.15, 0.2) is 41.3 Å². The van der Waals surface area contributed by atoms with Crippen molar-refractivity contribution in [1.82, 2.24) is 5.32 Å². The Morgan fingerprint density at radius 2 is 1.93 bits per heavy atom. The van der Waals surface area contributed by atoms with E-state index in [2.05, 4.69) is 19.5 Å². The molecule has 0 saturated carbocycles. The predicted molar refractivity (Wildman–Crippen MR) is 102 cm³/mol. The second-order valence-electron chi connectivity index (χ2n) is 6.48. The Morgan fingerprint density at radius 3 is 2.66 bits per heavy atom. The van der Waals surface area contributed by atoms with Gasteiger partial charge in [-0.3, -0.25) is 4.72 Å². The monoisotopic (exact) mass is 427 g/mol. The lowest BCUT2D eigenvalue weighted by molar-refractivity contribution is -0.286. The molecule has 2 aromatic carbocycles. The normalized spacial score (nSPS) is 17.8. The van der Waals surface area contributed by atoms with Crippen LogP contribution in [0.25, 0.3) is 0 Å². The minimum absolute atomic E-state index is 0.0323. The number of halogens is 2. The third kappa shape index (κ3) is 3.87. The number of sulfonamides is 1. The first-order valence-corrected chi connectivity index (χ1v) is 10.3. The molecule has 0 bridgehead atoms. The second-order valence-corrected chi connectivity index (χ2v) is 8.16. The zero-order valence-electron chi connectivity index (χ0n) is 15.4. The molecule has 4 rings (SSSR count). The maximum atomic E-state index is 13.4. The molecule has 2 aromatic rings. The summed E-state index contributed by atoms with van der Waals surface area (Å²) in [6.45, 7) is 2.92. The maximum Gasteiger partial charge on any atom is 0.586 e. The van der Waals surface area contributed by atoms with Crippen molar-refractivity contribution in [2.45, 2.75) is 11.2 Å². The van der Waals surface area contributed by atoms with E-state index < -0.39 is 16.3 Å². The summed E-state index contributed by atoms with van der Waals surface area (Å²) < 4.78 is 69.1. The van der Waals surface area contributed by atoms with Crippen molar-refractivity contribution in [3.8, 4) is 17.2 Å². The van der Waals surface area contributed by atoms with Gasteiger partial charge in [0.25, 0.3) is 10.0 Å². The Balaban J connectivity index is 1.66. The number of benzene rings is 2. The molecule has 2 aliphatic rings. The molecule has 0 spiro atoms. The van der Waals surface area contributed by atoms with Crippen LogP contribution in [0.4, 0.5) is 20.2 Å². The summed E-state index contributed by atoms with van der Waals surface area (Å²) in [5.41, 5.74) is 0.500. The van der Waals surface area contributed by atoms with Gasteiger partial charge in [0.1, 0.15) is 5.75 Å². The first-order valence-electron chi connectivity index (χ1n) is 8.84. The number of nitrogens with zero attached hydrogens (tertiary/aromatic N) is 1. The van der Waals surface area contributed by atoms with Gasteiger partial charge in [0.2, 0.25) is 0 Å². The van der Waals surface area contributed by atoms with Crippen LogP contribution < -0.4 is 29.1 Å². The molecule has 0 unspecified atom stereocenters. The van der Waals surface area contributed by atoms with Crippen LogP contribution in [0.5, 0.6) is 17.2 Å². The largest absolute Gasteiger partial charge is 0.586 e. The van der Waals surface area contributed by atoms with E-state index in [0.29, 0.717) is 24.5 Å². The van der Waals surface area contributed by atoms with Crippen molar-refractivity contribution in [3.63, 3.8) is 0 Å². The van der Waals surface area contributed by atoms with Crippen LogP contribution in [-0.4, -0.2) is 48.0 Å². The fourth-order valence-corrected chi connectivity index (χ4v) is 4.33. The highest BCUT2D eigenvalue weighted by Crippen LogP contribution is 2.46. The SMILES string of the molecule is COc1ccc(S(=O)(=O)Nc2cccc3c2OC(F)(F)O3)cc1N1CCNCC1. The number of rotatable bonds is 5. The third-order valence-corrected chi connectivity index (χ3v) is 5.95. The summed E-state index contributed by atoms with van der Waals surface area (Å²) in [6, 6.07) is 8.44. The average Bonchev–Trinajstić information content (AvgIpc) is 3.03. The number of ether oxygens (including phenoxy) is 3. The Hall–Kier alpha value is -2.79. The summed E-state index contributed by atoms with van der Waals surface area (Å²) in [6.07, 6.45) is -3.85. The quantitative estimate of drug-likeness (QED) is 0.757. The van der Waals surface area contributed by atoms with E-state index in [1.807, 2.05) is 4.90 Å². The smallest absolute Gasteiger partial charge is 0.495 e. The van der Waals surface area contributed by atoms with E-state index in [-0.39, 0.29) is 22.1 Å². The van der Waals surface area contributed by atoms with Crippen LogP contribution in [0.1, 0.15) is 0 Å². The van der Waals surface area contributed by atoms with Gasteiger partial charge in [0.05, 0.1) is 23.4 Å². The summed E-state index contributed by atoms with van der Waals surface area (Å²) in [4.78, 5) is 1.99. The number of fused-ring (bicyclic) bond motifs is 1. The summed E-state index contributed by atoms with van der Waals surface area (Å²) in [5, 5.41) is 3.23. The van der Waals surface area contributed by atoms with Crippen LogP contribution in [0, 0.1) is 0 Å². The summed E-state index contributed by atoms with van der Waals surface area (Å²) >= 11 is 0. The lowest BCUT2D eigenvalue weighted by atomic mass is 10.2. The fraction of sp³-hybridized carbons (Fsp3) is 0.333. The minimum Gasteiger partial charge on any atom is -0.495 e. The topological polar surface area (TPSA) is 89.1 Å². The van der Waals surface area contributed by atoms with Crippen molar-refractivity contribution in [2.24, 2.45) is 0 Å². The van der Waals surface area contributed by atoms with E-state index in [4.69, 9.17) is 4.74 Å². The fourth-order valence-electron chi connectivity index (χ4n) is 3.24. The Kier molecular flexibility index (Phi) is 4.87. The number of hydrogen-bond acceptors (Lipinski definition) is 7. The van der Waals surface area contributed by atoms with Gasteiger partial charge < -0.3 is 24.4 Å². The molecule has 1 fully saturated rings. The molecule has 1 saturated heterocycles. The first-order chi connectivity index (χ1) is 13.8. The number of piperazine rings is 1. The van der Waals surface area contributed by atoms with Crippen molar-refractivity contribution >= 4 is 21.4 Å². The number of methoxy groups -OCH3 is 1. The van der Waals surface area contributed by atoms with Crippen LogP contribution in [0.2, 0.25) is 0 Å². The number of para-hydroxylation sites is 1. The molecule has 11 heteroatoms. The summed E-state index contributed by atoms with van der Waals surface area (Å²) in [5.74, 6) is -0.0637. The molecule has 0 aromatic heterocycles. The predicted octanol–water partition coefficient (Wildman–Crippen LogP) is 2.23. The van der Waals surface area contributed by atoms with Crippen molar-refractivity contribution in [1.29, 1.82) is 0 Å². The molecule has 156 valence electrons. The van der Waals surface area contributed by atoms with E-state index in [9.17, 15) is 17.2 Å². The number of alkyl halides is 2. The molecule has 2 heterocycles. The molecule has 0 amide bonds. The Labute approximate surface area is 166 Å². The lowest BCUT2D eigenvalue weighted by Gasteiger charge is -2.30.